The number of ether oxygens (including phenoxy) is 1. The molecule has 0 N–H and O–H groups in total. The maximum absolute atomic E-state index is 6.13. The van der Waals surface area contributed by atoms with E-state index >= 15 is 0 Å². The summed E-state index contributed by atoms with van der Waals surface area (Å²) in [6.07, 6.45) is 0. The lowest BCUT2D eigenvalue weighted by Gasteiger charge is -2.09. The third-order valence-electron chi connectivity index (χ3n) is 3.73. The molecule has 2 aromatic carbocycles. The van der Waals surface area contributed by atoms with E-state index in [2.05, 4.69) is 26.0 Å². The Morgan fingerprint density at radius 2 is 1.78 bits per heavy atom. The molecule has 0 aliphatic carbocycles. The summed E-state index contributed by atoms with van der Waals surface area (Å²) in [4.78, 5) is 0. The van der Waals surface area contributed by atoms with E-state index in [4.69, 9.17) is 21.4 Å². The lowest BCUT2D eigenvalue weighted by Crippen LogP contribution is -2.00. The van der Waals surface area contributed by atoms with Gasteiger partial charge in [-0.05, 0) is 29.7 Å². The van der Waals surface area contributed by atoms with Gasteiger partial charge in [-0.2, -0.15) is 5.10 Å². The van der Waals surface area contributed by atoms with Gasteiger partial charge in [0.1, 0.15) is 0 Å². The molecule has 1 heterocycles. The van der Waals surface area contributed by atoms with Crippen molar-refractivity contribution < 1.29 is 4.74 Å². The Morgan fingerprint density at radius 3 is 2.39 bits per heavy atom. The molecule has 0 fully saturated rings. The molecule has 0 saturated carbocycles. The summed E-state index contributed by atoms with van der Waals surface area (Å²) in [6, 6.07) is 17.8. The molecule has 4 heteroatoms. The van der Waals surface area contributed by atoms with Crippen LogP contribution in [0.5, 0.6) is 5.88 Å². The SMILES string of the molecule is COc1c(-c2ccccc2)c(C(C)C)nn1-c1cccc(Cl)c1. The molecule has 3 aromatic rings. The quantitative estimate of drug-likeness (QED) is 0.648. The molecular weight excluding hydrogens is 308 g/mol. The molecule has 0 aliphatic heterocycles. The van der Waals surface area contributed by atoms with Gasteiger partial charge < -0.3 is 4.74 Å². The predicted octanol–water partition coefficient (Wildman–Crippen LogP) is 5.32. The van der Waals surface area contributed by atoms with Crippen molar-refractivity contribution in [2.24, 2.45) is 0 Å². The first-order chi connectivity index (χ1) is 11.1. The molecular formula is C19H19ClN2O. The van der Waals surface area contributed by atoms with E-state index in [0.29, 0.717) is 5.02 Å². The van der Waals surface area contributed by atoms with Crippen molar-refractivity contribution in [3.05, 3.63) is 65.3 Å². The van der Waals surface area contributed by atoms with Gasteiger partial charge in [0.2, 0.25) is 5.88 Å². The number of aromatic nitrogens is 2. The summed E-state index contributed by atoms with van der Waals surface area (Å²) >= 11 is 6.13. The van der Waals surface area contributed by atoms with Crippen LogP contribution in [0, 0.1) is 0 Å². The Morgan fingerprint density at radius 1 is 1.04 bits per heavy atom. The van der Waals surface area contributed by atoms with Crippen LogP contribution in [-0.4, -0.2) is 16.9 Å². The van der Waals surface area contributed by atoms with Crippen LogP contribution in [0.4, 0.5) is 0 Å². The van der Waals surface area contributed by atoms with E-state index in [9.17, 15) is 0 Å². The summed E-state index contributed by atoms with van der Waals surface area (Å²) in [6.45, 7) is 4.27. The highest BCUT2D eigenvalue weighted by atomic mass is 35.5. The third kappa shape index (κ3) is 2.97. The molecule has 0 aliphatic rings. The van der Waals surface area contributed by atoms with Crippen LogP contribution in [0.15, 0.2) is 54.6 Å². The molecule has 0 amide bonds. The molecule has 0 bridgehead atoms. The lowest BCUT2D eigenvalue weighted by atomic mass is 10.00. The third-order valence-corrected chi connectivity index (χ3v) is 3.96. The van der Waals surface area contributed by atoms with Crippen LogP contribution in [0.2, 0.25) is 5.02 Å². The summed E-state index contributed by atoms with van der Waals surface area (Å²) in [7, 11) is 1.68. The van der Waals surface area contributed by atoms with Gasteiger partial charge in [-0.1, -0.05) is 61.8 Å². The van der Waals surface area contributed by atoms with E-state index in [1.165, 1.54) is 0 Å². The average Bonchev–Trinajstić information content (AvgIpc) is 2.95. The number of rotatable bonds is 4. The number of hydrogen-bond acceptors (Lipinski definition) is 2. The smallest absolute Gasteiger partial charge is 0.224 e. The first kappa shape index (κ1) is 15.6. The van der Waals surface area contributed by atoms with Crippen LogP contribution in [0.3, 0.4) is 0 Å². The highest BCUT2D eigenvalue weighted by Crippen LogP contribution is 2.38. The number of halogens is 1. The Kier molecular flexibility index (Phi) is 4.39. The van der Waals surface area contributed by atoms with Gasteiger partial charge in [-0.25, -0.2) is 4.68 Å². The maximum Gasteiger partial charge on any atom is 0.224 e. The van der Waals surface area contributed by atoms with Gasteiger partial charge in [0, 0.05) is 5.02 Å². The zero-order valence-corrected chi connectivity index (χ0v) is 14.2. The fourth-order valence-electron chi connectivity index (χ4n) is 2.67. The normalized spacial score (nSPS) is 11.0. The summed E-state index contributed by atoms with van der Waals surface area (Å²) in [5.74, 6) is 1.00. The van der Waals surface area contributed by atoms with Crippen molar-refractivity contribution in [2.75, 3.05) is 7.11 Å². The van der Waals surface area contributed by atoms with Crippen molar-refractivity contribution in [1.29, 1.82) is 0 Å². The van der Waals surface area contributed by atoms with Crippen LogP contribution < -0.4 is 4.74 Å². The van der Waals surface area contributed by atoms with Crippen LogP contribution in [0.25, 0.3) is 16.8 Å². The zero-order valence-electron chi connectivity index (χ0n) is 13.5. The second-order valence-electron chi connectivity index (χ2n) is 5.68. The van der Waals surface area contributed by atoms with Crippen LogP contribution in [-0.2, 0) is 0 Å². The van der Waals surface area contributed by atoms with E-state index < -0.39 is 0 Å². The minimum absolute atomic E-state index is 0.277. The van der Waals surface area contributed by atoms with Crippen molar-refractivity contribution >= 4 is 11.6 Å². The van der Waals surface area contributed by atoms with Gasteiger partial charge in [-0.15, -0.1) is 0 Å². The van der Waals surface area contributed by atoms with Crippen molar-refractivity contribution in [3.8, 4) is 22.7 Å². The first-order valence-electron chi connectivity index (χ1n) is 7.60. The topological polar surface area (TPSA) is 27.1 Å². The van der Waals surface area contributed by atoms with E-state index in [1.54, 1.807) is 7.11 Å². The van der Waals surface area contributed by atoms with E-state index in [-0.39, 0.29) is 5.92 Å². The predicted molar refractivity (Wildman–Crippen MR) is 94.7 cm³/mol. The minimum atomic E-state index is 0.277. The van der Waals surface area contributed by atoms with Crippen LogP contribution >= 0.6 is 11.6 Å². The largest absolute Gasteiger partial charge is 0.480 e. The van der Waals surface area contributed by atoms with Crippen LogP contribution in [0.1, 0.15) is 25.5 Å². The molecule has 0 unspecified atom stereocenters. The second kappa shape index (κ2) is 6.47. The van der Waals surface area contributed by atoms with E-state index in [1.807, 2.05) is 47.1 Å². The average molecular weight is 327 g/mol. The fraction of sp³-hybridized carbons (Fsp3) is 0.211. The van der Waals surface area contributed by atoms with Crippen molar-refractivity contribution in [3.63, 3.8) is 0 Å². The molecule has 0 radical (unpaired) electrons. The molecule has 118 valence electrons. The second-order valence-corrected chi connectivity index (χ2v) is 6.12. The number of benzene rings is 2. The van der Waals surface area contributed by atoms with E-state index in [0.717, 1.165) is 28.4 Å². The van der Waals surface area contributed by atoms with Gasteiger partial charge in [0.25, 0.3) is 0 Å². The molecule has 0 saturated heterocycles. The van der Waals surface area contributed by atoms with Gasteiger partial charge in [-0.3, -0.25) is 0 Å². The number of hydrogen-bond donors (Lipinski definition) is 0. The maximum atomic E-state index is 6.13. The van der Waals surface area contributed by atoms with Gasteiger partial charge in [0.15, 0.2) is 0 Å². The zero-order chi connectivity index (χ0) is 16.4. The molecule has 23 heavy (non-hydrogen) atoms. The van der Waals surface area contributed by atoms with Crippen molar-refractivity contribution in [1.82, 2.24) is 9.78 Å². The highest BCUT2D eigenvalue weighted by Gasteiger charge is 2.23. The molecule has 3 rings (SSSR count). The summed E-state index contributed by atoms with van der Waals surface area (Å²) in [5.41, 5.74) is 4.02. The monoisotopic (exact) mass is 326 g/mol. The Labute approximate surface area is 141 Å². The highest BCUT2D eigenvalue weighted by molar-refractivity contribution is 6.30. The molecule has 0 atom stereocenters. The molecule has 3 nitrogen and oxygen atoms in total. The first-order valence-corrected chi connectivity index (χ1v) is 7.98. The Balaban J connectivity index is 2.27. The van der Waals surface area contributed by atoms with Crippen molar-refractivity contribution in [2.45, 2.75) is 19.8 Å². The molecule has 1 aromatic heterocycles. The lowest BCUT2D eigenvalue weighted by molar-refractivity contribution is 0.385. The Bertz CT molecular complexity index is 809. The number of methoxy groups -OCH3 is 1. The van der Waals surface area contributed by atoms with Gasteiger partial charge in [0.05, 0.1) is 24.1 Å². The standard InChI is InChI=1S/C19H19ClN2O/c1-13(2)18-17(14-8-5-4-6-9-14)19(23-3)22(21-18)16-11-7-10-15(20)12-16/h4-13H,1-3H3. The minimum Gasteiger partial charge on any atom is -0.480 e. The summed E-state index contributed by atoms with van der Waals surface area (Å²) in [5, 5.41) is 5.47. The summed E-state index contributed by atoms with van der Waals surface area (Å²) < 4.78 is 7.54. The number of nitrogens with zero attached hydrogens (tertiary/aromatic N) is 2. The Hall–Kier alpha value is -2.26. The fourth-order valence-corrected chi connectivity index (χ4v) is 2.85. The van der Waals surface area contributed by atoms with Gasteiger partial charge >= 0.3 is 0 Å². The molecule has 0 spiro atoms.